The highest BCUT2D eigenvalue weighted by Crippen LogP contribution is 2.26. The third-order valence-electron chi connectivity index (χ3n) is 2.63. The molecule has 1 aliphatic heterocycles. The molecule has 88 valence electrons. The molecule has 1 aromatic carbocycles. The lowest BCUT2D eigenvalue weighted by Crippen LogP contribution is -2.09. The van der Waals surface area contributed by atoms with Crippen LogP contribution in [0.2, 0.25) is 0 Å². The average Bonchev–Trinajstić information content (AvgIpc) is 2.71. The summed E-state index contributed by atoms with van der Waals surface area (Å²) in [6.45, 7) is 3.61. The maximum absolute atomic E-state index is 11.7. The lowest BCUT2D eigenvalue weighted by molar-refractivity contribution is -0.137. The van der Waals surface area contributed by atoms with Crippen molar-refractivity contribution in [2.24, 2.45) is 0 Å². The Labute approximate surface area is 100 Å². The molecule has 1 N–H and O–H groups in total. The van der Waals surface area contributed by atoms with E-state index in [9.17, 15) is 4.79 Å². The number of ether oxygens (including phenoxy) is 1. The maximum Gasteiger partial charge on any atom is 0.339 e. The molecule has 0 radical (unpaired) electrons. The van der Waals surface area contributed by atoms with Crippen LogP contribution in [-0.2, 0) is 9.53 Å². The fourth-order valence-corrected chi connectivity index (χ4v) is 1.77. The second-order valence-electron chi connectivity index (χ2n) is 4.00. The van der Waals surface area contributed by atoms with Crippen LogP contribution >= 0.6 is 0 Å². The Balaban J connectivity index is 2.16. The first-order chi connectivity index (χ1) is 8.20. The molecule has 0 bridgehead atoms. The van der Waals surface area contributed by atoms with Gasteiger partial charge in [-0.15, -0.1) is 0 Å². The molecule has 17 heavy (non-hydrogen) atoms. The molecule has 0 spiro atoms. The number of benzene rings is 1. The summed E-state index contributed by atoms with van der Waals surface area (Å²) >= 11 is 0. The number of esters is 1. The van der Waals surface area contributed by atoms with E-state index in [1.54, 1.807) is 6.08 Å². The fraction of sp³-hybridized carbons (Fsp3) is 0.214. The van der Waals surface area contributed by atoms with Crippen molar-refractivity contribution in [2.45, 2.75) is 12.5 Å². The fourth-order valence-electron chi connectivity index (χ4n) is 1.77. The zero-order valence-electron chi connectivity index (χ0n) is 9.43. The molecule has 0 unspecified atom stereocenters. The summed E-state index contributed by atoms with van der Waals surface area (Å²) in [6, 6.07) is 9.40. The Morgan fingerprint density at radius 1 is 1.35 bits per heavy atom. The minimum atomic E-state index is -0.313. The van der Waals surface area contributed by atoms with Crippen LogP contribution in [0.4, 0.5) is 0 Å². The zero-order valence-corrected chi connectivity index (χ0v) is 9.43. The van der Waals surface area contributed by atoms with Gasteiger partial charge < -0.3 is 9.84 Å². The SMILES string of the molecule is C=C(CO)C[C@@H]1C=C(c2ccccc2)C(=O)O1. The molecule has 1 aliphatic rings. The molecule has 0 fully saturated rings. The van der Waals surface area contributed by atoms with Gasteiger partial charge in [-0.25, -0.2) is 4.79 Å². The molecule has 3 heteroatoms. The number of aliphatic hydroxyl groups is 1. The van der Waals surface area contributed by atoms with Gasteiger partial charge in [-0.1, -0.05) is 36.9 Å². The van der Waals surface area contributed by atoms with E-state index in [0.717, 1.165) is 5.56 Å². The standard InChI is InChI=1S/C14H14O3/c1-10(9-15)7-12-8-13(14(16)17-12)11-5-3-2-4-6-11/h2-6,8,12,15H,1,7,9H2/t12-/m1/s1. The van der Waals surface area contributed by atoms with E-state index in [1.807, 2.05) is 30.3 Å². The number of hydrogen-bond donors (Lipinski definition) is 1. The van der Waals surface area contributed by atoms with Crippen molar-refractivity contribution in [3.63, 3.8) is 0 Å². The predicted molar refractivity (Wildman–Crippen MR) is 65.1 cm³/mol. The van der Waals surface area contributed by atoms with Crippen LogP contribution in [0.15, 0.2) is 48.6 Å². The second-order valence-corrected chi connectivity index (χ2v) is 4.00. The van der Waals surface area contributed by atoms with Crippen LogP contribution in [0, 0.1) is 0 Å². The highest BCUT2D eigenvalue weighted by atomic mass is 16.5. The molecule has 1 heterocycles. The Morgan fingerprint density at radius 2 is 2.06 bits per heavy atom. The van der Waals surface area contributed by atoms with Gasteiger partial charge >= 0.3 is 5.97 Å². The predicted octanol–water partition coefficient (Wildman–Crippen LogP) is 1.93. The van der Waals surface area contributed by atoms with Gasteiger partial charge in [-0.3, -0.25) is 0 Å². The van der Waals surface area contributed by atoms with Gasteiger partial charge in [-0.05, 0) is 17.2 Å². The van der Waals surface area contributed by atoms with Gasteiger partial charge in [-0.2, -0.15) is 0 Å². The molecular weight excluding hydrogens is 216 g/mol. The molecule has 0 saturated carbocycles. The summed E-state index contributed by atoms with van der Waals surface area (Å²) in [5.74, 6) is -0.313. The van der Waals surface area contributed by atoms with Gasteiger partial charge in [0, 0.05) is 6.42 Å². The smallest absolute Gasteiger partial charge is 0.339 e. The van der Waals surface area contributed by atoms with Crippen molar-refractivity contribution >= 4 is 11.5 Å². The Bertz CT molecular complexity index is 460. The number of aliphatic hydroxyl groups excluding tert-OH is 1. The molecule has 1 aromatic rings. The molecule has 0 aliphatic carbocycles. The van der Waals surface area contributed by atoms with Crippen molar-refractivity contribution in [1.82, 2.24) is 0 Å². The van der Waals surface area contributed by atoms with Crippen LogP contribution in [0.1, 0.15) is 12.0 Å². The summed E-state index contributed by atoms with van der Waals surface area (Å²) in [5.41, 5.74) is 2.10. The number of cyclic esters (lactones) is 1. The van der Waals surface area contributed by atoms with Crippen LogP contribution in [0.25, 0.3) is 5.57 Å². The summed E-state index contributed by atoms with van der Waals surface area (Å²) in [4.78, 5) is 11.7. The van der Waals surface area contributed by atoms with Crippen LogP contribution in [-0.4, -0.2) is 23.8 Å². The Morgan fingerprint density at radius 3 is 2.71 bits per heavy atom. The second kappa shape index (κ2) is 4.97. The topological polar surface area (TPSA) is 46.5 Å². The van der Waals surface area contributed by atoms with Gasteiger partial charge in [0.05, 0.1) is 12.2 Å². The molecule has 0 aromatic heterocycles. The lowest BCUT2D eigenvalue weighted by atomic mass is 10.0. The summed E-state index contributed by atoms with van der Waals surface area (Å²) in [5, 5.41) is 8.88. The van der Waals surface area contributed by atoms with E-state index in [1.165, 1.54) is 0 Å². The number of carbonyl (C=O) groups is 1. The van der Waals surface area contributed by atoms with Crippen molar-refractivity contribution in [2.75, 3.05) is 6.61 Å². The van der Waals surface area contributed by atoms with E-state index < -0.39 is 0 Å². The van der Waals surface area contributed by atoms with E-state index in [2.05, 4.69) is 6.58 Å². The van der Waals surface area contributed by atoms with Crippen LogP contribution < -0.4 is 0 Å². The quantitative estimate of drug-likeness (QED) is 0.635. The van der Waals surface area contributed by atoms with Crippen molar-refractivity contribution < 1.29 is 14.6 Å². The van der Waals surface area contributed by atoms with Crippen molar-refractivity contribution in [3.05, 3.63) is 54.1 Å². The Hall–Kier alpha value is -1.87. The molecule has 0 saturated heterocycles. The van der Waals surface area contributed by atoms with E-state index in [0.29, 0.717) is 17.6 Å². The highest BCUT2D eigenvalue weighted by molar-refractivity contribution is 6.18. The number of hydrogen-bond acceptors (Lipinski definition) is 3. The van der Waals surface area contributed by atoms with Gasteiger partial charge in [0.1, 0.15) is 6.10 Å². The summed E-state index contributed by atoms with van der Waals surface area (Å²) in [6.07, 6.45) is 1.95. The third-order valence-corrected chi connectivity index (χ3v) is 2.63. The largest absolute Gasteiger partial charge is 0.454 e. The maximum atomic E-state index is 11.7. The van der Waals surface area contributed by atoms with Crippen LogP contribution in [0.5, 0.6) is 0 Å². The first kappa shape index (κ1) is 11.6. The number of carbonyl (C=O) groups excluding carboxylic acids is 1. The monoisotopic (exact) mass is 230 g/mol. The van der Waals surface area contributed by atoms with Gasteiger partial charge in [0.15, 0.2) is 0 Å². The highest BCUT2D eigenvalue weighted by Gasteiger charge is 2.26. The molecular formula is C14H14O3. The lowest BCUT2D eigenvalue weighted by Gasteiger charge is -2.07. The normalized spacial score (nSPS) is 18.8. The molecule has 1 atom stereocenters. The van der Waals surface area contributed by atoms with Gasteiger partial charge in [0.2, 0.25) is 0 Å². The van der Waals surface area contributed by atoms with E-state index >= 15 is 0 Å². The first-order valence-corrected chi connectivity index (χ1v) is 5.46. The zero-order chi connectivity index (χ0) is 12.3. The molecule has 2 rings (SSSR count). The molecule has 3 nitrogen and oxygen atoms in total. The average molecular weight is 230 g/mol. The van der Waals surface area contributed by atoms with E-state index in [4.69, 9.17) is 9.84 Å². The van der Waals surface area contributed by atoms with Crippen molar-refractivity contribution in [3.8, 4) is 0 Å². The number of rotatable bonds is 4. The van der Waals surface area contributed by atoms with Gasteiger partial charge in [0.25, 0.3) is 0 Å². The third kappa shape index (κ3) is 2.63. The minimum absolute atomic E-state index is 0.0808. The first-order valence-electron chi connectivity index (χ1n) is 5.46. The van der Waals surface area contributed by atoms with Crippen LogP contribution in [0.3, 0.4) is 0 Å². The minimum Gasteiger partial charge on any atom is -0.454 e. The van der Waals surface area contributed by atoms with E-state index in [-0.39, 0.29) is 18.7 Å². The van der Waals surface area contributed by atoms with Crippen molar-refractivity contribution in [1.29, 1.82) is 0 Å². The molecule has 0 amide bonds. The summed E-state index contributed by atoms with van der Waals surface area (Å²) in [7, 11) is 0. The summed E-state index contributed by atoms with van der Waals surface area (Å²) < 4.78 is 5.20. The Kier molecular flexibility index (Phi) is 3.40.